The first kappa shape index (κ1) is 11.9. The Hall–Kier alpha value is -1.60. The van der Waals surface area contributed by atoms with Crippen LogP contribution in [0, 0.1) is 6.07 Å². The SMILES string of the molecule is CCc1ccc(-c2cc[c]cc2)c(COC)c1. The van der Waals surface area contributed by atoms with Crippen LogP contribution in [-0.4, -0.2) is 7.11 Å². The van der Waals surface area contributed by atoms with E-state index in [4.69, 9.17) is 4.74 Å². The molecule has 1 radical (unpaired) electrons. The minimum Gasteiger partial charge on any atom is -0.380 e. The fraction of sp³-hybridized carbons (Fsp3) is 0.250. The van der Waals surface area contributed by atoms with Crippen molar-refractivity contribution >= 4 is 0 Å². The lowest BCUT2D eigenvalue weighted by Gasteiger charge is -2.11. The Morgan fingerprint density at radius 1 is 1.12 bits per heavy atom. The van der Waals surface area contributed by atoms with Crippen LogP contribution in [0.5, 0.6) is 0 Å². The van der Waals surface area contributed by atoms with Gasteiger partial charge in [0.1, 0.15) is 0 Å². The summed E-state index contributed by atoms with van der Waals surface area (Å²) in [4.78, 5) is 0. The molecule has 0 aromatic heterocycles. The Morgan fingerprint density at radius 3 is 2.53 bits per heavy atom. The van der Waals surface area contributed by atoms with Gasteiger partial charge in [-0.1, -0.05) is 49.4 Å². The van der Waals surface area contributed by atoms with Crippen LogP contribution in [0.4, 0.5) is 0 Å². The van der Waals surface area contributed by atoms with Crippen LogP contribution in [0.1, 0.15) is 18.1 Å². The number of hydrogen-bond acceptors (Lipinski definition) is 1. The third-order valence-corrected chi connectivity index (χ3v) is 2.91. The van der Waals surface area contributed by atoms with Gasteiger partial charge in [-0.15, -0.1) is 0 Å². The number of aryl methyl sites for hydroxylation is 1. The third-order valence-electron chi connectivity index (χ3n) is 2.91. The van der Waals surface area contributed by atoms with Crippen LogP contribution >= 0.6 is 0 Å². The summed E-state index contributed by atoms with van der Waals surface area (Å²) in [5.74, 6) is 0. The predicted octanol–water partition coefficient (Wildman–Crippen LogP) is 3.86. The van der Waals surface area contributed by atoms with Gasteiger partial charge in [-0.2, -0.15) is 0 Å². The average Bonchev–Trinajstić information content (AvgIpc) is 2.40. The van der Waals surface area contributed by atoms with Crippen LogP contribution in [0.15, 0.2) is 42.5 Å². The summed E-state index contributed by atoms with van der Waals surface area (Å²) in [6, 6.07) is 17.7. The van der Waals surface area contributed by atoms with Crippen molar-refractivity contribution in [3.63, 3.8) is 0 Å². The minimum atomic E-state index is 0.655. The second-order valence-electron chi connectivity index (χ2n) is 4.07. The van der Waals surface area contributed by atoms with Crippen LogP contribution in [-0.2, 0) is 17.8 Å². The maximum absolute atomic E-state index is 5.28. The molecule has 2 aromatic carbocycles. The van der Waals surface area contributed by atoms with Gasteiger partial charge in [0, 0.05) is 7.11 Å². The predicted molar refractivity (Wildman–Crippen MR) is 70.8 cm³/mol. The summed E-state index contributed by atoms with van der Waals surface area (Å²) in [7, 11) is 1.74. The molecule has 0 bridgehead atoms. The van der Waals surface area contributed by atoms with E-state index in [2.05, 4.69) is 43.3 Å². The molecule has 0 atom stereocenters. The standard InChI is InChI=1S/C16H17O/c1-3-13-9-10-16(15(11-13)12-17-2)14-7-5-4-6-8-14/h5-11H,3,12H2,1-2H3. The lowest BCUT2D eigenvalue weighted by molar-refractivity contribution is 0.185. The van der Waals surface area contributed by atoms with Crippen LogP contribution in [0.2, 0.25) is 0 Å². The highest BCUT2D eigenvalue weighted by molar-refractivity contribution is 5.67. The Bertz CT molecular complexity index is 474. The lowest BCUT2D eigenvalue weighted by atomic mass is 9.97. The molecule has 0 aliphatic carbocycles. The molecule has 1 heteroatoms. The van der Waals surface area contributed by atoms with E-state index < -0.39 is 0 Å². The van der Waals surface area contributed by atoms with Gasteiger partial charge in [-0.25, -0.2) is 0 Å². The molecule has 0 unspecified atom stereocenters. The molecule has 0 aliphatic heterocycles. The number of benzene rings is 2. The first-order valence-electron chi connectivity index (χ1n) is 5.92. The van der Waals surface area contributed by atoms with E-state index in [-0.39, 0.29) is 0 Å². The second kappa shape index (κ2) is 5.65. The highest BCUT2D eigenvalue weighted by Crippen LogP contribution is 2.25. The first-order valence-corrected chi connectivity index (χ1v) is 5.92. The van der Waals surface area contributed by atoms with Crippen molar-refractivity contribution in [1.82, 2.24) is 0 Å². The zero-order chi connectivity index (χ0) is 12.1. The van der Waals surface area contributed by atoms with Crippen molar-refractivity contribution in [2.75, 3.05) is 7.11 Å². The normalized spacial score (nSPS) is 10.5. The molecule has 0 spiro atoms. The highest BCUT2D eigenvalue weighted by Gasteiger charge is 2.05. The summed E-state index contributed by atoms with van der Waals surface area (Å²) in [6.07, 6.45) is 1.06. The van der Waals surface area contributed by atoms with Crippen molar-refractivity contribution in [1.29, 1.82) is 0 Å². The molecule has 17 heavy (non-hydrogen) atoms. The zero-order valence-corrected chi connectivity index (χ0v) is 10.4. The fourth-order valence-corrected chi connectivity index (χ4v) is 1.99. The maximum atomic E-state index is 5.28. The molecule has 87 valence electrons. The zero-order valence-electron chi connectivity index (χ0n) is 10.4. The van der Waals surface area contributed by atoms with Gasteiger partial charge in [-0.05, 0) is 34.7 Å². The molecule has 0 saturated heterocycles. The molecular weight excluding hydrogens is 208 g/mol. The summed E-state index contributed by atoms with van der Waals surface area (Å²) < 4.78 is 5.28. The van der Waals surface area contributed by atoms with E-state index in [1.54, 1.807) is 7.11 Å². The van der Waals surface area contributed by atoms with Crippen molar-refractivity contribution in [3.05, 3.63) is 59.7 Å². The molecule has 2 aromatic rings. The molecule has 0 aliphatic rings. The Balaban J connectivity index is 2.46. The summed E-state index contributed by atoms with van der Waals surface area (Å²) in [5, 5.41) is 0. The van der Waals surface area contributed by atoms with Gasteiger partial charge in [0.05, 0.1) is 6.61 Å². The number of methoxy groups -OCH3 is 1. The monoisotopic (exact) mass is 225 g/mol. The lowest BCUT2D eigenvalue weighted by Crippen LogP contribution is -1.94. The van der Waals surface area contributed by atoms with Crippen molar-refractivity contribution in [2.45, 2.75) is 20.0 Å². The summed E-state index contributed by atoms with van der Waals surface area (Å²) in [6.45, 7) is 2.82. The van der Waals surface area contributed by atoms with E-state index in [9.17, 15) is 0 Å². The van der Waals surface area contributed by atoms with Crippen LogP contribution in [0.3, 0.4) is 0 Å². The van der Waals surface area contributed by atoms with Crippen LogP contribution < -0.4 is 0 Å². The van der Waals surface area contributed by atoms with Gasteiger partial charge < -0.3 is 4.74 Å². The summed E-state index contributed by atoms with van der Waals surface area (Å²) in [5.41, 5.74) is 5.07. The first-order chi connectivity index (χ1) is 8.35. The van der Waals surface area contributed by atoms with E-state index in [1.807, 2.05) is 12.1 Å². The molecule has 0 N–H and O–H groups in total. The number of hydrogen-bond donors (Lipinski definition) is 0. The van der Waals surface area contributed by atoms with Gasteiger partial charge in [-0.3, -0.25) is 0 Å². The van der Waals surface area contributed by atoms with E-state index in [0.29, 0.717) is 6.61 Å². The molecule has 0 amide bonds. The Kier molecular flexibility index (Phi) is 3.94. The van der Waals surface area contributed by atoms with Crippen molar-refractivity contribution < 1.29 is 4.74 Å². The topological polar surface area (TPSA) is 9.23 Å². The largest absolute Gasteiger partial charge is 0.380 e. The minimum absolute atomic E-state index is 0.655. The molecule has 1 nitrogen and oxygen atoms in total. The van der Waals surface area contributed by atoms with E-state index in [1.165, 1.54) is 22.3 Å². The van der Waals surface area contributed by atoms with Gasteiger partial charge in [0.15, 0.2) is 0 Å². The number of ether oxygens (including phenoxy) is 1. The van der Waals surface area contributed by atoms with Crippen molar-refractivity contribution in [3.8, 4) is 11.1 Å². The molecule has 0 heterocycles. The Labute approximate surface area is 103 Å². The van der Waals surface area contributed by atoms with Gasteiger partial charge in [0.2, 0.25) is 0 Å². The molecule has 2 rings (SSSR count). The fourth-order valence-electron chi connectivity index (χ4n) is 1.99. The average molecular weight is 225 g/mol. The van der Waals surface area contributed by atoms with E-state index >= 15 is 0 Å². The molecule has 0 saturated carbocycles. The molecule has 0 fully saturated rings. The Morgan fingerprint density at radius 2 is 1.88 bits per heavy atom. The maximum Gasteiger partial charge on any atom is 0.0719 e. The highest BCUT2D eigenvalue weighted by atomic mass is 16.5. The van der Waals surface area contributed by atoms with Crippen LogP contribution in [0.25, 0.3) is 11.1 Å². The van der Waals surface area contributed by atoms with Crippen molar-refractivity contribution in [2.24, 2.45) is 0 Å². The van der Waals surface area contributed by atoms with E-state index in [0.717, 1.165) is 6.42 Å². The number of rotatable bonds is 4. The quantitative estimate of drug-likeness (QED) is 0.767. The van der Waals surface area contributed by atoms with Gasteiger partial charge in [0.25, 0.3) is 0 Å². The molecular formula is C16H17O. The smallest absolute Gasteiger partial charge is 0.0719 e. The summed E-state index contributed by atoms with van der Waals surface area (Å²) >= 11 is 0. The second-order valence-corrected chi connectivity index (χ2v) is 4.07. The third kappa shape index (κ3) is 2.75. The van der Waals surface area contributed by atoms with Gasteiger partial charge >= 0.3 is 0 Å².